The lowest BCUT2D eigenvalue weighted by Gasteiger charge is -2.47. The maximum atomic E-state index is 14.1. The molecule has 0 spiro atoms. The second-order valence-electron chi connectivity index (χ2n) is 6.44. The molecular weight excluding hydrogens is 371 g/mol. The molecule has 1 aromatic heterocycles. The third-order valence-electron chi connectivity index (χ3n) is 4.75. The first-order valence-electron chi connectivity index (χ1n) is 8.64. The first kappa shape index (κ1) is 19.5. The minimum absolute atomic E-state index is 0.0142. The molecule has 0 bridgehead atoms. The van der Waals surface area contributed by atoms with Gasteiger partial charge in [-0.2, -0.15) is 0 Å². The molecule has 0 saturated carbocycles. The third kappa shape index (κ3) is 3.58. The number of anilines is 1. The topological polar surface area (TPSA) is 132 Å². The molecule has 0 aliphatic carbocycles. The van der Waals surface area contributed by atoms with Gasteiger partial charge in [0.15, 0.2) is 0 Å². The standard InChI is InChI=1S/C18H19FN4O5/c19-14-6-13-10(3-15(14)21-1-2-24)4-16(22-17(13)27)18(28)23-11(7-20-9-26)5-12(23)8-25/h2-4,6,9,11-12,21,25H,1,5,7-8H2,(H,20,26)(H,22,27). The summed E-state index contributed by atoms with van der Waals surface area (Å²) in [6, 6.07) is 3.09. The average molecular weight is 390 g/mol. The molecule has 1 aliphatic rings. The Balaban J connectivity index is 1.96. The van der Waals surface area contributed by atoms with Crippen LogP contribution in [-0.2, 0) is 9.59 Å². The summed E-state index contributed by atoms with van der Waals surface area (Å²) in [5, 5.41) is 14.9. The number of carbonyl (C=O) groups excluding carboxylic acids is 3. The van der Waals surface area contributed by atoms with Crippen molar-refractivity contribution in [2.24, 2.45) is 0 Å². The van der Waals surface area contributed by atoms with Gasteiger partial charge < -0.3 is 30.4 Å². The van der Waals surface area contributed by atoms with Crippen molar-refractivity contribution >= 4 is 35.1 Å². The molecule has 10 heteroatoms. The quantitative estimate of drug-likeness (QED) is 0.454. The molecule has 9 nitrogen and oxygen atoms in total. The molecule has 28 heavy (non-hydrogen) atoms. The van der Waals surface area contributed by atoms with Gasteiger partial charge in [0.05, 0.1) is 36.3 Å². The molecule has 1 saturated heterocycles. The second-order valence-corrected chi connectivity index (χ2v) is 6.44. The maximum absolute atomic E-state index is 14.1. The van der Waals surface area contributed by atoms with E-state index in [0.29, 0.717) is 24.5 Å². The number of aromatic amines is 1. The van der Waals surface area contributed by atoms with Crippen molar-refractivity contribution in [3.63, 3.8) is 0 Å². The highest BCUT2D eigenvalue weighted by atomic mass is 19.1. The van der Waals surface area contributed by atoms with E-state index in [2.05, 4.69) is 15.6 Å². The molecule has 2 atom stereocenters. The number of aliphatic hydroxyl groups is 1. The number of aliphatic hydroxyl groups excluding tert-OH is 1. The van der Waals surface area contributed by atoms with Crippen LogP contribution in [0.15, 0.2) is 23.0 Å². The average Bonchev–Trinajstić information content (AvgIpc) is 2.66. The summed E-state index contributed by atoms with van der Waals surface area (Å²) in [6.45, 7) is -0.116. The number of pyridine rings is 1. The Kier molecular flexibility index (Phi) is 5.69. The van der Waals surface area contributed by atoms with Crippen LogP contribution in [0.4, 0.5) is 10.1 Å². The van der Waals surface area contributed by atoms with Crippen molar-refractivity contribution < 1.29 is 23.9 Å². The van der Waals surface area contributed by atoms with Crippen LogP contribution in [-0.4, -0.2) is 65.4 Å². The van der Waals surface area contributed by atoms with Gasteiger partial charge >= 0.3 is 0 Å². The zero-order valence-electron chi connectivity index (χ0n) is 14.8. The van der Waals surface area contributed by atoms with Crippen molar-refractivity contribution in [1.82, 2.24) is 15.2 Å². The number of fused-ring (bicyclic) bond motifs is 1. The molecule has 4 N–H and O–H groups in total. The van der Waals surface area contributed by atoms with E-state index in [0.717, 1.165) is 6.07 Å². The third-order valence-corrected chi connectivity index (χ3v) is 4.75. The lowest BCUT2D eigenvalue weighted by atomic mass is 9.92. The molecule has 0 radical (unpaired) electrons. The Labute approximate surface area is 158 Å². The second kappa shape index (κ2) is 8.17. The number of hydrogen-bond donors (Lipinski definition) is 4. The minimum atomic E-state index is -0.693. The zero-order chi connectivity index (χ0) is 20.3. The summed E-state index contributed by atoms with van der Waals surface area (Å²) < 4.78 is 14.1. The van der Waals surface area contributed by atoms with Crippen molar-refractivity contribution in [3.8, 4) is 0 Å². The van der Waals surface area contributed by atoms with Gasteiger partial charge in [0.2, 0.25) is 6.41 Å². The SMILES string of the molecule is O=CCNc1cc2cc(C(=O)N3C(CO)CC3CNC=O)[nH]c(=O)c2cc1F. The normalized spacial score (nSPS) is 18.4. The van der Waals surface area contributed by atoms with Crippen molar-refractivity contribution in [2.75, 3.05) is 25.0 Å². The highest BCUT2D eigenvalue weighted by Crippen LogP contribution is 2.28. The van der Waals surface area contributed by atoms with Gasteiger partial charge in [-0.25, -0.2) is 4.39 Å². The molecule has 2 aromatic rings. The fourth-order valence-electron chi connectivity index (χ4n) is 3.39. The Bertz CT molecular complexity index is 976. The van der Waals surface area contributed by atoms with Gasteiger partial charge in [-0.1, -0.05) is 0 Å². The van der Waals surface area contributed by atoms with E-state index >= 15 is 0 Å². The van der Waals surface area contributed by atoms with Crippen LogP contribution in [0.2, 0.25) is 0 Å². The summed E-state index contributed by atoms with van der Waals surface area (Å²) in [7, 11) is 0. The number of amides is 2. The summed E-state index contributed by atoms with van der Waals surface area (Å²) in [4.78, 5) is 50.1. The lowest BCUT2D eigenvalue weighted by molar-refractivity contribution is -0.110. The number of likely N-dealkylation sites (tertiary alicyclic amines) is 1. The molecule has 1 aliphatic heterocycles. The van der Waals surface area contributed by atoms with E-state index in [9.17, 15) is 28.7 Å². The number of nitrogens with one attached hydrogen (secondary N) is 3. The zero-order valence-corrected chi connectivity index (χ0v) is 14.8. The number of carbonyl (C=O) groups is 3. The number of aromatic nitrogens is 1. The Morgan fingerprint density at radius 2 is 2.11 bits per heavy atom. The van der Waals surface area contributed by atoms with Gasteiger partial charge in [0, 0.05) is 6.54 Å². The first-order valence-corrected chi connectivity index (χ1v) is 8.64. The fraction of sp³-hybridized carbons (Fsp3) is 0.333. The van der Waals surface area contributed by atoms with Gasteiger partial charge in [-0.3, -0.25) is 14.4 Å². The Morgan fingerprint density at radius 3 is 2.79 bits per heavy atom. The van der Waals surface area contributed by atoms with E-state index in [-0.39, 0.29) is 42.5 Å². The molecule has 1 fully saturated rings. The number of nitrogens with zero attached hydrogens (tertiary/aromatic N) is 1. The van der Waals surface area contributed by atoms with E-state index in [4.69, 9.17) is 0 Å². The van der Waals surface area contributed by atoms with Crippen LogP contribution in [0.5, 0.6) is 0 Å². The van der Waals surface area contributed by atoms with Crippen LogP contribution >= 0.6 is 0 Å². The van der Waals surface area contributed by atoms with Crippen molar-refractivity contribution in [2.45, 2.75) is 18.5 Å². The number of halogens is 1. The first-order chi connectivity index (χ1) is 13.5. The lowest BCUT2D eigenvalue weighted by Crippen LogP contribution is -2.63. The van der Waals surface area contributed by atoms with Gasteiger partial charge in [0.25, 0.3) is 11.5 Å². The molecule has 2 unspecified atom stereocenters. The number of H-pyrrole nitrogens is 1. The van der Waals surface area contributed by atoms with Gasteiger partial charge in [-0.05, 0) is 30.0 Å². The van der Waals surface area contributed by atoms with Crippen molar-refractivity contribution in [1.29, 1.82) is 0 Å². The van der Waals surface area contributed by atoms with E-state index in [1.54, 1.807) is 0 Å². The Hall–Kier alpha value is -3.27. The van der Waals surface area contributed by atoms with Crippen LogP contribution < -0.4 is 16.2 Å². The predicted molar refractivity (Wildman–Crippen MR) is 98.6 cm³/mol. The molecule has 2 amide bonds. The summed E-state index contributed by atoms with van der Waals surface area (Å²) >= 11 is 0. The molecule has 2 heterocycles. The highest BCUT2D eigenvalue weighted by molar-refractivity contribution is 5.97. The summed E-state index contributed by atoms with van der Waals surface area (Å²) in [5.41, 5.74) is -0.612. The maximum Gasteiger partial charge on any atom is 0.271 e. The van der Waals surface area contributed by atoms with Crippen LogP contribution in [0.25, 0.3) is 10.8 Å². The number of hydrogen-bond acceptors (Lipinski definition) is 6. The van der Waals surface area contributed by atoms with Crippen LogP contribution in [0.1, 0.15) is 16.9 Å². The predicted octanol–water partition coefficient (Wildman–Crippen LogP) is -0.401. The monoisotopic (exact) mass is 390 g/mol. The van der Waals surface area contributed by atoms with Crippen LogP contribution in [0, 0.1) is 5.82 Å². The molecule has 1 aromatic carbocycles. The Morgan fingerprint density at radius 1 is 1.32 bits per heavy atom. The minimum Gasteiger partial charge on any atom is -0.394 e. The fourth-order valence-corrected chi connectivity index (χ4v) is 3.39. The van der Waals surface area contributed by atoms with E-state index in [1.807, 2.05) is 0 Å². The number of rotatable bonds is 8. The number of aldehydes is 1. The van der Waals surface area contributed by atoms with E-state index in [1.165, 1.54) is 17.0 Å². The molecular formula is C18H19FN4O5. The molecule has 148 valence electrons. The summed E-state index contributed by atoms with van der Waals surface area (Å²) in [6.07, 6.45) is 1.61. The van der Waals surface area contributed by atoms with Gasteiger partial charge in [0.1, 0.15) is 17.8 Å². The summed E-state index contributed by atoms with van der Waals surface area (Å²) in [5.74, 6) is -1.20. The number of benzene rings is 1. The van der Waals surface area contributed by atoms with E-state index < -0.39 is 23.3 Å². The largest absolute Gasteiger partial charge is 0.394 e. The van der Waals surface area contributed by atoms with Gasteiger partial charge in [-0.15, -0.1) is 0 Å². The van der Waals surface area contributed by atoms with Crippen molar-refractivity contribution in [3.05, 3.63) is 40.1 Å². The highest BCUT2D eigenvalue weighted by Gasteiger charge is 2.41. The molecule has 3 rings (SSSR count). The van der Waals surface area contributed by atoms with Crippen LogP contribution in [0.3, 0.4) is 0 Å². The smallest absolute Gasteiger partial charge is 0.271 e.